The minimum Gasteiger partial charge on any atom is -0.478 e. The molecule has 20 heavy (non-hydrogen) atoms. The van der Waals surface area contributed by atoms with E-state index in [1.807, 2.05) is 12.2 Å². The molecule has 0 aliphatic heterocycles. The van der Waals surface area contributed by atoms with E-state index in [4.69, 9.17) is 5.11 Å². The lowest BCUT2D eigenvalue weighted by molar-refractivity contribution is -0.131. The second-order valence-electron chi connectivity index (χ2n) is 5.13. The van der Waals surface area contributed by atoms with Gasteiger partial charge >= 0.3 is 5.97 Å². The van der Waals surface area contributed by atoms with Crippen LogP contribution in [0.5, 0.6) is 0 Å². The van der Waals surface area contributed by atoms with Gasteiger partial charge in [-0.15, -0.1) is 0 Å². The molecule has 0 heterocycles. The second kappa shape index (κ2) is 15.7. The maximum Gasteiger partial charge on any atom is 0.328 e. The fraction of sp³-hybridized carbons (Fsp3) is 0.611. The van der Waals surface area contributed by atoms with Crippen molar-refractivity contribution < 1.29 is 9.90 Å². The van der Waals surface area contributed by atoms with Crippen molar-refractivity contribution in [3.05, 3.63) is 36.5 Å². The molecule has 1 N–H and O–H groups in total. The van der Waals surface area contributed by atoms with Gasteiger partial charge in [0.15, 0.2) is 0 Å². The van der Waals surface area contributed by atoms with E-state index in [1.165, 1.54) is 63.9 Å². The number of hydrogen-bond acceptors (Lipinski definition) is 1. The Morgan fingerprint density at radius 2 is 1.35 bits per heavy atom. The zero-order chi connectivity index (χ0) is 14.9. The molecule has 114 valence electrons. The zero-order valence-corrected chi connectivity index (χ0v) is 12.9. The molecule has 2 heteroatoms. The summed E-state index contributed by atoms with van der Waals surface area (Å²) in [7, 11) is 0. The Morgan fingerprint density at radius 3 is 1.95 bits per heavy atom. The van der Waals surface area contributed by atoms with Gasteiger partial charge in [0.2, 0.25) is 0 Å². The van der Waals surface area contributed by atoms with Crippen LogP contribution in [0.25, 0.3) is 0 Å². The van der Waals surface area contributed by atoms with Crippen LogP contribution in [0.3, 0.4) is 0 Å². The smallest absolute Gasteiger partial charge is 0.328 e. The van der Waals surface area contributed by atoms with Gasteiger partial charge in [-0.3, -0.25) is 0 Å². The summed E-state index contributed by atoms with van der Waals surface area (Å²) in [6.45, 7) is 2.26. The molecule has 0 aromatic rings. The molecule has 0 radical (unpaired) electrons. The molecule has 0 amide bonds. The summed E-state index contributed by atoms with van der Waals surface area (Å²) in [4.78, 5) is 10.2. The van der Waals surface area contributed by atoms with E-state index in [-0.39, 0.29) is 0 Å². The maximum absolute atomic E-state index is 10.2. The lowest BCUT2D eigenvalue weighted by Gasteiger charge is -2.00. The summed E-state index contributed by atoms with van der Waals surface area (Å²) < 4.78 is 0. The maximum atomic E-state index is 10.2. The third kappa shape index (κ3) is 16.7. The van der Waals surface area contributed by atoms with E-state index in [1.54, 1.807) is 6.08 Å². The number of carbonyl (C=O) groups is 1. The first-order valence-corrected chi connectivity index (χ1v) is 8.00. The van der Waals surface area contributed by atoms with Crippen molar-refractivity contribution >= 4 is 5.97 Å². The molecular weight excluding hydrogens is 248 g/mol. The molecule has 0 rings (SSSR count). The Labute approximate surface area is 124 Å². The minimum atomic E-state index is -0.909. The van der Waals surface area contributed by atoms with Crippen LogP contribution < -0.4 is 0 Å². The SMILES string of the molecule is CCCCCCCCCCCC=C/C=C\C=C\C(=O)O. The average Bonchev–Trinajstić information content (AvgIpc) is 2.43. The van der Waals surface area contributed by atoms with Crippen LogP contribution in [-0.4, -0.2) is 11.1 Å². The largest absolute Gasteiger partial charge is 0.478 e. The molecule has 2 nitrogen and oxygen atoms in total. The van der Waals surface area contributed by atoms with Gasteiger partial charge in [0.05, 0.1) is 0 Å². The Bertz CT molecular complexity index is 301. The fourth-order valence-corrected chi connectivity index (χ4v) is 2.01. The van der Waals surface area contributed by atoms with Crippen LogP contribution in [0.1, 0.15) is 71.1 Å². The van der Waals surface area contributed by atoms with Gasteiger partial charge in [0, 0.05) is 6.08 Å². The molecule has 0 fully saturated rings. The topological polar surface area (TPSA) is 37.3 Å². The van der Waals surface area contributed by atoms with Crippen LogP contribution in [0, 0.1) is 0 Å². The number of rotatable bonds is 13. The lowest BCUT2D eigenvalue weighted by atomic mass is 10.1. The van der Waals surface area contributed by atoms with Crippen molar-refractivity contribution in [2.24, 2.45) is 0 Å². The van der Waals surface area contributed by atoms with Gasteiger partial charge in [0.25, 0.3) is 0 Å². The van der Waals surface area contributed by atoms with Gasteiger partial charge in [0.1, 0.15) is 0 Å². The van der Waals surface area contributed by atoms with Crippen LogP contribution in [0.2, 0.25) is 0 Å². The van der Waals surface area contributed by atoms with E-state index in [0.29, 0.717) is 0 Å². The van der Waals surface area contributed by atoms with Crippen molar-refractivity contribution in [1.82, 2.24) is 0 Å². The molecule has 0 aliphatic carbocycles. The van der Waals surface area contributed by atoms with Crippen LogP contribution in [0.4, 0.5) is 0 Å². The number of carboxylic acids is 1. The van der Waals surface area contributed by atoms with Crippen molar-refractivity contribution in [2.75, 3.05) is 0 Å². The summed E-state index contributed by atoms with van der Waals surface area (Å²) in [5, 5.41) is 8.38. The predicted molar refractivity (Wildman–Crippen MR) is 86.9 cm³/mol. The van der Waals surface area contributed by atoms with E-state index < -0.39 is 5.97 Å². The third-order valence-corrected chi connectivity index (χ3v) is 3.18. The van der Waals surface area contributed by atoms with Crippen LogP contribution >= 0.6 is 0 Å². The molecule has 0 aromatic carbocycles. The third-order valence-electron chi connectivity index (χ3n) is 3.18. The zero-order valence-electron chi connectivity index (χ0n) is 12.9. The highest BCUT2D eigenvalue weighted by molar-refractivity contribution is 5.80. The summed E-state index contributed by atoms with van der Waals surface area (Å²) in [6.07, 6.45) is 23.7. The first-order valence-electron chi connectivity index (χ1n) is 8.00. The quantitative estimate of drug-likeness (QED) is 0.268. The van der Waals surface area contributed by atoms with Crippen LogP contribution in [-0.2, 0) is 4.79 Å². The summed E-state index contributed by atoms with van der Waals surface area (Å²) >= 11 is 0. The van der Waals surface area contributed by atoms with E-state index in [9.17, 15) is 4.79 Å². The molecule has 0 aromatic heterocycles. The van der Waals surface area contributed by atoms with Gasteiger partial charge in [-0.1, -0.05) is 88.7 Å². The highest BCUT2D eigenvalue weighted by Gasteiger charge is 1.90. The number of carboxylic acid groups (broad SMARTS) is 1. The number of unbranched alkanes of at least 4 members (excludes halogenated alkanes) is 9. The van der Waals surface area contributed by atoms with Crippen molar-refractivity contribution in [3.8, 4) is 0 Å². The normalized spacial score (nSPS) is 12.1. The monoisotopic (exact) mass is 278 g/mol. The molecular formula is C18H30O2. The Balaban J connectivity index is 3.25. The molecule has 0 saturated heterocycles. The average molecular weight is 278 g/mol. The van der Waals surface area contributed by atoms with E-state index in [0.717, 1.165) is 12.5 Å². The van der Waals surface area contributed by atoms with Gasteiger partial charge in [-0.05, 0) is 12.8 Å². The minimum absolute atomic E-state index is 0.909. The predicted octanol–water partition coefficient (Wildman–Crippen LogP) is 5.66. The van der Waals surface area contributed by atoms with Crippen molar-refractivity contribution in [2.45, 2.75) is 71.1 Å². The number of hydrogen-bond donors (Lipinski definition) is 1. The Kier molecular flexibility index (Phi) is 14.7. The van der Waals surface area contributed by atoms with E-state index in [2.05, 4.69) is 13.0 Å². The summed E-state index contributed by atoms with van der Waals surface area (Å²) in [6, 6.07) is 0. The molecule has 0 spiro atoms. The highest BCUT2D eigenvalue weighted by Crippen LogP contribution is 2.10. The summed E-state index contributed by atoms with van der Waals surface area (Å²) in [5.41, 5.74) is 0. The summed E-state index contributed by atoms with van der Waals surface area (Å²) in [5.74, 6) is -0.909. The van der Waals surface area contributed by atoms with Crippen molar-refractivity contribution in [1.29, 1.82) is 0 Å². The number of aliphatic carboxylic acids is 1. The molecule has 0 bridgehead atoms. The fourth-order valence-electron chi connectivity index (χ4n) is 2.01. The molecule has 0 saturated carbocycles. The second-order valence-corrected chi connectivity index (χ2v) is 5.13. The Morgan fingerprint density at radius 1 is 0.800 bits per heavy atom. The molecule has 0 atom stereocenters. The first kappa shape index (κ1) is 18.7. The first-order chi connectivity index (χ1) is 9.77. The van der Waals surface area contributed by atoms with Crippen LogP contribution in [0.15, 0.2) is 36.5 Å². The van der Waals surface area contributed by atoms with Gasteiger partial charge in [-0.2, -0.15) is 0 Å². The lowest BCUT2D eigenvalue weighted by Crippen LogP contribution is -1.84. The van der Waals surface area contributed by atoms with E-state index >= 15 is 0 Å². The Hall–Kier alpha value is -1.31. The highest BCUT2D eigenvalue weighted by atomic mass is 16.4. The van der Waals surface area contributed by atoms with Crippen molar-refractivity contribution in [3.63, 3.8) is 0 Å². The molecule has 0 aliphatic rings. The number of allylic oxidation sites excluding steroid dienone is 5. The van der Waals surface area contributed by atoms with Gasteiger partial charge < -0.3 is 5.11 Å². The van der Waals surface area contributed by atoms with Gasteiger partial charge in [-0.25, -0.2) is 4.79 Å². The standard InChI is InChI=1S/C18H30O2/c1-2-3-4-5-6-7-8-9-10-11-12-13-14-15-16-17-18(19)20/h12-17H,2-11H2,1H3,(H,19,20)/b13-12?,15-14-,17-16+. The molecule has 0 unspecified atom stereocenters.